The fourth-order valence-corrected chi connectivity index (χ4v) is 2.44. The average molecular weight is 310 g/mol. The molecule has 2 aromatic carbocycles. The van der Waals surface area contributed by atoms with Crippen molar-refractivity contribution < 1.29 is 9.84 Å². The smallest absolute Gasteiger partial charge is 0.123 e. The van der Waals surface area contributed by atoms with Crippen molar-refractivity contribution in [2.45, 2.75) is 25.8 Å². The quantitative estimate of drug-likeness (QED) is 0.733. The van der Waals surface area contributed by atoms with E-state index in [0.29, 0.717) is 0 Å². The lowest BCUT2D eigenvalue weighted by Crippen LogP contribution is -2.15. The van der Waals surface area contributed by atoms with Gasteiger partial charge in [0.05, 0.1) is 7.11 Å². The first-order valence-electron chi connectivity index (χ1n) is 7.23. The van der Waals surface area contributed by atoms with E-state index in [1.165, 1.54) is 16.3 Å². The Morgan fingerprint density at radius 2 is 1.86 bits per heavy atom. The number of methoxy groups -OCH3 is 1. The minimum absolute atomic E-state index is 0. The summed E-state index contributed by atoms with van der Waals surface area (Å²) in [5.41, 5.74) is 1.22. The molecule has 0 fully saturated rings. The van der Waals surface area contributed by atoms with Gasteiger partial charge in [0.15, 0.2) is 0 Å². The van der Waals surface area contributed by atoms with Gasteiger partial charge in [-0.3, -0.25) is 0 Å². The minimum atomic E-state index is 0. The Balaban J connectivity index is 0.00000220. The van der Waals surface area contributed by atoms with Crippen LogP contribution in [-0.2, 0) is 6.54 Å². The van der Waals surface area contributed by atoms with Gasteiger partial charge in [-0.05, 0) is 42.6 Å². The fourth-order valence-electron chi connectivity index (χ4n) is 2.44. The third-order valence-electron chi connectivity index (χ3n) is 3.53. The molecule has 0 saturated carbocycles. The summed E-state index contributed by atoms with van der Waals surface area (Å²) >= 11 is 0. The van der Waals surface area contributed by atoms with Crippen LogP contribution >= 0.6 is 12.4 Å². The third-order valence-corrected chi connectivity index (χ3v) is 3.53. The Bertz CT molecular complexity index is 545. The van der Waals surface area contributed by atoms with E-state index in [1.807, 2.05) is 6.07 Å². The molecule has 0 aliphatic carbocycles. The van der Waals surface area contributed by atoms with Crippen molar-refractivity contribution in [3.05, 3.63) is 42.0 Å². The lowest BCUT2D eigenvalue weighted by Gasteiger charge is -2.13. The van der Waals surface area contributed by atoms with Crippen molar-refractivity contribution in [1.29, 1.82) is 0 Å². The van der Waals surface area contributed by atoms with E-state index >= 15 is 0 Å². The van der Waals surface area contributed by atoms with E-state index in [4.69, 9.17) is 9.84 Å². The molecule has 0 heterocycles. The van der Waals surface area contributed by atoms with Gasteiger partial charge < -0.3 is 15.2 Å². The van der Waals surface area contributed by atoms with Crippen LogP contribution in [0.4, 0.5) is 0 Å². The van der Waals surface area contributed by atoms with Crippen LogP contribution in [0.15, 0.2) is 36.4 Å². The third kappa shape index (κ3) is 4.88. The Morgan fingerprint density at radius 1 is 1.05 bits per heavy atom. The predicted molar refractivity (Wildman–Crippen MR) is 90.4 cm³/mol. The van der Waals surface area contributed by atoms with Gasteiger partial charge in [0, 0.05) is 18.7 Å². The maximum Gasteiger partial charge on any atom is 0.123 e. The fraction of sp³-hybridized carbons (Fsp3) is 0.412. The molecule has 0 aliphatic rings. The second-order valence-corrected chi connectivity index (χ2v) is 4.93. The van der Waals surface area contributed by atoms with Gasteiger partial charge in [-0.1, -0.05) is 30.3 Å². The second kappa shape index (κ2) is 9.61. The average Bonchev–Trinajstić information content (AvgIpc) is 2.50. The number of nitrogens with one attached hydrogen (secondary N) is 1. The van der Waals surface area contributed by atoms with E-state index < -0.39 is 0 Å². The predicted octanol–water partition coefficient (Wildman–Crippen LogP) is 3.52. The number of aliphatic hydroxyl groups is 1. The molecule has 0 saturated heterocycles. The zero-order valence-corrected chi connectivity index (χ0v) is 13.3. The summed E-state index contributed by atoms with van der Waals surface area (Å²) in [5, 5.41) is 14.7. The maximum absolute atomic E-state index is 8.75. The van der Waals surface area contributed by atoms with Crippen LogP contribution < -0.4 is 10.1 Å². The van der Waals surface area contributed by atoms with E-state index in [-0.39, 0.29) is 19.0 Å². The summed E-state index contributed by atoms with van der Waals surface area (Å²) in [5.74, 6) is 0.937. The topological polar surface area (TPSA) is 41.5 Å². The molecule has 116 valence electrons. The van der Waals surface area contributed by atoms with Gasteiger partial charge in [-0.25, -0.2) is 0 Å². The lowest BCUT2D eigenvalue weighted by molar-refractivity contribution is 0.283. The van der Waals surface area contributed by atoms with Crippen LogP contribution in [0.25, 0.3) is 10.8 Å². The molecular weight excluding hydrogens is 286 g/mol. The number of aliphatic hydroxyl groups excluding tert-OH is 1. The first kappa shape index (κ1) is 17.8. The van der Waals surface area contributed by atoms with Crippen molar-refractivity contribution in [3.63, 3.8) is 0 Å². The standard InChI is InChI=1S/C17H23NO2.ClH/c1-20-17-10-9-14-7-3-4-8-15(14)16(17)13-18-11-5-2-6-12-19;/h3-4,7-10,18-19H,2,5-6,11-13H2,1H3;1H. The summed E-state index contributed by atoms with van der Waals surface area (Å²) in [6, 6.07) is 12.5. The Hall–Kier alpha value is -1.29. The van der Waals surface area contributed by atoms with Crippen molar-refractivity contribution in [3.8, 4) is 5.75 Å². The van der Waals surface area contributed by atoms with E-state index in [0.717, 1.165) is 38.1 Å². The summed E-state index contributed by atoms with van der Waals surface area (Å²) in [4.78, 5) is 0. The first-order chi connectivity index (χ1) is 9.86. The summed E-state index contributed by atoms with van der Waals surface area (Å²) in [6.07, 6.45) is 3.04. The van der Waals surface area contributed by atoms with Crippen LogP contribution in [0.2, 0.25) is 0 Å². The zero-order chi connectivity index (χ0) is 14.2. The largest absolute Gasteiger partial charge is 0.496 e. The Morgan fingerprint density at radius 3 is 2.62 bits per heavy atom. The molecule has 2 aromatic rings. The molecule has 0 aliphatic heterocycles. The maximum atomic E-state index is 8.75. The van der Waals surface area contributed by atoms with Crippen LogP contribution in [0.5, 0.6) is 5.75 Å². The van der Waals surface area contributed by atoms with Gasteiger partial charge in [0.25, 0.3) is 0 Å². The zero-order valence-electron chi connectivity index (χ0n) is 12.5. The Labute approximate surface area is 132 Å². The SMILES string of the molecule is COc1ccc2ccccc2c1CNCCCCCO.Cl. The normalized spacial score (nSPS) is 10.4. The van der Waals surface area contributed by atoms with Crippen molar-refractivity contribution in [1.82, 2.24) is 5.32 Å². The number of unbranched alkanes of at least 4 members (excludes halogenated alkanes) is 2. The number of halogens is 1. The van der Waals surface area contributed by atoms with Crippen molar-refractivity contribution >= 4 is 23.2 Å². The number of ether oxygens (including phenoxy) is 1. The monoisotopic (exact) mass is 309 g/mol. The van der Waals surface area contributed by atoms with E-state index in [1.54, 1.807) is 7.11 Å². The molecule has 0 spiro atoms. The van der Waals surface area contributed by atoms with Gasteiger partial charge in [0.2, 0.25) is 0 Å². The highest BCUT2D eigenvalue weighted by molar-refractivity contribution is 5.87. The molecule has 21 heavy (non-hydrogen) atoms. The van der Waals surface area contributed by atoms with Crippen LogP contribution in [-0.4, -0.2) is 25.4 Å². The molecular formula is C17H24ClNO2. The molecule has 0 aromatic heterocycles. The number of fused-ring (bicyclic) bond motifs is 1. The molecule has 3 nitrogen and oxygen atoms in total. The highest BCUT2D eigenvalue weighted by atomic mass is 35.5. The van der Waals surface area contributed by atoms with E-state index in [2.05, 4.69) is 35.6 Å². The van der Waals surface area contributed by atoms with Crippen molar-refractivity contribution in [2.24, 2.45) is 0 Å². The molecule has 2 N–H and O–H groups in total. The highest BCUT2D eigenvalue weighted by Crippen LogP contribution is 2.27. The number of rotatable bonds is 8. The molecule has 0 unspecified atom stereocenters. The molecule has 0 bridgehead atoms. The van der Waals surface area contributed by atoms with Crippen molar-refractivity contribution in [2.75, 3.05) is 20.3 Å². The molecule has 4 heteroatoms. The van der Waals surface area contributed by atoms with Gasteiger partial charge in [-0.2, -0.15) is 0 Å². The van der Waals surface area contributed by atoms with Gasteiger partial charge in [0.1, 0.15) is 5.75 Å². The molecule has 0 atom stereocenters. The highest BCUT2D eigenvalue weighted by Gasteiger charge is 2.07. The Kier molecular flexibility index (Phi) is 8.13. The van der Waals surface area contributed by atoms with E-state index in [9.17, 15) is 0 Å². The number of hydrogen-bond acceptors (Lipinski definition) is 3. The summed E-state index contributed by atoms with van der Waals surface area (Å²) in [6.45, 7) is 2.06. The van der Waals surface area contributed by atoms with Gasteiger partial charge >= 0.3 is 0 Å². The second-order valence-electron chi connectivity index (χ2n) is 4.93. The minimum Gasteiger partial charge on any atom is -0.496 e. The molecule has 0 radical (unpaired) electrons. The van der Waals surface area contributed by atoms with Crippen LogP contribution in [0.1, 0.15) is 24.8 Å². The number of benzene rings is 2. The lowest BCUT2D eigenvalue weighted by atomic mass is 10.0. The summed E-state index contributed by atoms with van der Waals surface area (Å²) in [7, 11) is 1.72. The summed E-state index contributed by atoms with van der Waals surface area (Å²) < 4.78 is 5.48. The van der Waals surface area contributed by atoms with Crippen LogP contribution in [0.3, 0.4) is 0 Å². The first-order valence-corrected chi connectivity index (χ1v) is 7.23. The van der Waals surface area contributed by atoms with Gasteiger partial charge in [-0.15, -0.1) is 12.4 Å². The van der Waals surface area contributed by atoms with Crippen LogP contribution in [0, 0.1) is 0 Å². The molecule has 0 amide bonds. The molecule has 2 rings (SSSR count). The number of hydrogen-bond donors (Lipinski definition) is 2.